The number of carbonyl (C=O) groups is 1. The quantitative estimate of drug-likeness (QED) is 0.274. The summed E-state index contributed by atoms with van der Waals surface area (Å²) in [5.41, 5.74) is 3.42. The molecule has 276 valence electrons. The first-order valence-electron chi connectivity index (χ1n) is 19.9. The van der Waals surface area contributed by atoms with E-state index in [4.69, 9.17) is 15.0 Å². The summed E-state index contributed by atoms with van der Waals surface area (Å²) in [6, 6.07) is 5.85. The summed E-state index contributed by atoms with van der Waals surface area (Å²) >= 11 is 0. The van der Waals surface area contributed by atoms with Gasteiger partial charge in [-0.2, -0.15) is 0 Å². The van der Waals surface area contributed by atoms with Crippen molar-refractivity contribution in [3.05, 3.63) is 41.3 Å². The summed E-state index contributed by atoms with van der Waals surface area (Å²) in [4.78, 5) is 38.9. The Morgan fingerprint density at radius 2 is 1.69 bits per heavy atom. The molecular formula is C40H57FN8O2. The molecule has 7 rings (SSSR count). The van der Waals surface area contributed by atoms with E-state index in [2.05, 4.69) is 15.2 Å². The number of hydrogen-bond donors (Lipinski definition) is 2. The predicted molar refractivity (Wildman–Crippen MR) is 200 cm³/mol. The van der Waals surface area contributed by atoms with Crippen molar-refractivity contribution in [3.63, 3.8) is 0 Å². The number of halogens is 1. The number of amides is 1. The van der Waals surface area contributed by atoms with Crippen LogP contribution < -0.4 is 10.2 Å². The van der Waals surface area contributed by atoms with Crippen LogP contribution in [0.4, 0.5) is 22.0 Å². The zero-order chi connectivity index (χ0) is 35.2. The third-order valence-electron chi connectivity index (χ3n) is 11.7. The summed E-state index contributed by atoms with van der Waals surface area (Å²) in [7, 11) is 0. The van der Waals surface area contributed by atoms with Crippen molar-refractivity contribution in [2.75, 3.05) is 49.5 Å². The lowest BCUT2D eigenvalue weighted by atomic mass is 9.95. The van der Waals surface area contributed by atoms with Crippen molar-refractivity contribution >= 4 is 34.4 Å². The average molecular weight is 701 g/mol. The molecule has 0 aromatic carbocycles. The number of fused-ring (bicyclic) bond motifs is 4. The van der Waals surface area contributed by atoms with E-state index in [9.17, 15) is 14.3 Å². The summed E-state index contributed by atoms with van der Waals surface area (Å²) in [6.07, 6.45) is 18.0. The number of aliphatic hydroxyl groups is 1. The van der Waals surface area contributed by atoms with Crippen LogP contribution in [0.1, 0.15) is 120 Å². The molecule has 6 heterocycles. The maximum absolute atomic E-state index is 13.9. The summed E-state index contributed by atoms with van der Waals surface area (Å²) < 4.78 is 13.9. The van der Waals surface area contributed by atoms with Crippen LogP contribution in [0.3, 0.4) is 0 Å². The lowest BCUT2D eigenvalue weighted by molar-refractivity contribution is -0.133. The number of alkyl halides is 1. The number of hydrogen-bond acceptors (Lipinski definition) is 9. The lowest BCUT2D eigenvalue weighted by Gasteiger charge is -2.33. The largest absolute Gasteiger partial charge is 0.387 e. The van der Waals surface area contributed by atoms with E-state index in [1.807, 2.05) is 34.2 Å². The number of pyridine rings is 2. The highest BCUT2D eigenvalue weighted by Gasteiger charge is 2.27. The highest BCUT2D eigenvalue weighted by molar-refractivity contribution is 5.89. The Labute approximate surface area is 302 Å². The first-order chi connectivity index (χ1) is 24.9. The van der Waals surface area contributed by atoms with Gasteiger partial charge in [0.05, 0.1) is 18.3 Å². The molecule has 3 aromatic rings. The molecule has 1 aliphatic carbocycles. The SMILES string of the molecule is C[C@@H](O)c1cc2cnc(Nc3ccc4c(n3)CCN(C(=O)CN3CCCC(F)C3)C4)nc2c(N2CCCCCCC3CCC(CCCCC2)C3)n1. The number of piperidine rings is 1. The molecule has 3 fully saturated rings. The normalized spacial score (nSPS) is 24.8. The van der Waals surface area contributed by atoms with E-state index < -0.39 is 12.3 Å². The number of nitrogens with one attached hydrogen (secondary N) is 1. The molecule has 1 amide bonds. The second kappa shape index (κ2) is 16.9. The molecule has 0 spiro atoms. The zero-order valence-electron chi connectivity index (χ0n) is 30.5. The van der Waals surface area contributed by atoms with Crippen molar-refractivity contribution in [1.82, 2.24) is 29.7 Å². The van der Waals surface area contributed by atoms with Crippen molar-refractivity contribution in [3.8, 4) is 0 Å². The molecule has 2 saturated heterocycles. The number of anilines is 3. The lowest BCUT2D eigenvalue weighted by Crippen LogP contribution is -2.46. The predicted octanol–water partition coefficient (Wildman–Crippen LogP) is 7.28. The maximum Gasteiger partial charge on any atom is 0.237 e. The summed E-state index contributed by atoms with van der Waals surface area (Å²) in [6.45, 7) is 6.12. The van der Waals surface area contributed by atoms with E-state index >= 15 is 0 Å². The van der Waals surface area contributed by atoms with Gasteiger partial charge in [0.2, 0.25) is 11.9 Å². The number of aromatic nitrogens is 4. The van der Waals surface area contributed by atoms with Crippen LogP contribution in [0.15, 0.2) is 24.4 Å². The highest BCUT2D eigenvalue weighted by atomic mass is 19.1. The van der Waals surface area contributed by atoms with Gasteiger partial charge < -0.3 is 20.2 Å². The van der Waals surface area contributed by atoms with Crippen molar-refractivity contribution in [2.24, 2.45) is 11.8 Å². The number of nitrogens with zero attached hydrogens (tertiary/aromatic N) is 7. The van der Waals surface area contributed by atoms with Gasteiger partial charge >= 0.3 is 0 Å². The van der Waals surface area contributed by atoms with Crippen molar-refractivity contribution in [1.29, 1.82) is 0 Å². The molecule has 4 atom stereocenters. The minimum Gasteiger partial charge on any atom is -0.387 e. The Morgan fingerprint density at radius 3 is 2.45 bits per heavy atom. The number of carbonyl (C=O) groups excluding carboxylic acids is 1. The Hall–Kier alpha value is -3.44. The van der Waals surface area contributed by atoms with Crippen LogP contribution in [0.5, 0.6) is 0 Å². The van der Waals surface area contributed by atoms with Crippen LogP contribution in [0.2, 0.25) is 0 Å². The van der Waals surface area contributed by atoms with Gasteiger partial charge in [0.25, 0.3) is 0 Å². The van der Waals surface area contributed by atoms with Crippen LogP contribution in [-0.4, -0.2) is 86.2 Å². The topological polar surface area (TPSA) is 111 Å². The van der Waals surface area contributed by atoms with Crippen molar-refractivity contribution < 1.29 is 14.3 Å². The number of likely N-dealkylation sites (tertiary alicyclic amines) is 1. The molecule has 2 bridgehead atoms. The van der Waals surface area contributed by atoms with Crippen LogP contribution >= 0.6 is 0 Å². The fourth-order valence-electron chi connectivity index (χ4n) is 8.81. The number of rotatable bonds is 6. The van der Waals surface area contributed by atoms with Crippen LogP contribution in [0.25, 0.3) is 10.9 Å². The fraction of sp³-hybridized carbons (Fsp3) is 0.675. The van der Waals surface area contributed by atoms with Crippen LogP contribution in [0, 0.1) is 11.8 Å². The third kappa shape index (κ3) is 9.33. The highest BCUT2D eigenvalue weighted by Crippen LogP contribution is 2.37. The average Bonchev–Trinajstić information content (AvgIpc) is 3.58. The molecule has 10 nitrogen and oxygen atoms in total. The molecule has 11 heteroatoms. The second-order valence-electron chi connectivity index (χ2n) is 15.7. The van der Waals surface area contributed by atoms with E-state index in [-0.39, 0.29) is 12.5 Å². The van der Waals surface area contributed by atoms with E-state index in [0.717, 1.165) is 78.7 Å². The second-order valence-corrected chi connectivity index (χ2v) is 15.7. The van der Waals surface area contributed by atoms with Gasteiger partial charge in [-0.3, -0.25) is 9.69 Å². The molecule has 2 N–H and O–H groups in total. The standard InChI is InChI=1S/C40H57FN8O2/c1-28(50)35-23-32-24-42-40(45-36-16-15-31-25-49(21-17-34(31)43-36)37(51)27-47-18-9-12-33(41)26-47)46-38(32)39(44-35)48-19-7-3-2-5-10-29-13-14-30(22-29)11-6-4-8-20-48/h15-16,23-24,28-30,33,50H,2-14,17-22,25-27H2,1H3,(H,42,43,45,46)/t28-,29?,30?,33?/m1/s1. The third-order valence-corrected chi connectivity index (χ3v) is 11.7. The fourth-order valence-corrected chi connectivity index (χ4v) is 8.81. The van der Waals surface area contributed by atoms with E-state index in [1.54, 1.807) is 6.92 Å². The first kappa shape index (κ1) is 35.9. The molecule has 51 heavy (non-hydrogen) atoms. The van der Waals surface area contributed by atoms with Gasteiger partial charge in [0.1, 0.15) is 17.5 Å². The van der Waals surface area contributed by atoms with E-state index in [0.29, 0.717) is 49.9 Å². The summed E-state index contributed by atoms with van der Waals surface area (Å²) in [5.74, 6) is 3.88. The van der Waals surface area contributed by atoms with Gasteiger partial charge in [-0.15, -0.1) is 0 Å². The summed E-state index contributed by atoms with van der Waals surface area (Å²) in [5, 5.41) is 14.8. The minimum absolute atomic E-state index is 0.0511. The molecule has 1 saturated carbocycles. The molecule has 3 aliphatic heterocycles. The molecule has 3 unspecified atom stereocenters. The van der Waals surface area contributed by atoms with Gasteiger partial charge in [-0.25, -0.2) is 24.3 Å². The minimum atomic E-state index is -0.837. The van der Waals surface area contributed by atoms with Crippen LogP contribution in [-0.2, 0) is 17.8 Å². The Morgan fingerprint density at radius 1 is 0.922 bits per heavy atom. The number of aliphatic hydroxyl groups excluding tert-OH is 1. The molecule has 4 aliphatic rings. The monoisotopic (exact) mass is 700 g/mol. The van der Waals surface area contributed by atoms with Gasteiger partial charge in [0, 0.05) is 56.4 Å². The van der Waals surface area contributed by atoms with Gasteiger partial charge in [-0.1, -0.05) is 63.9 Å². The van der Waals surface area contributed by atoms with Gasteiger partial charge in [-0.05, 0) is 75.1 Å². The Bertz CT molecular complexity index is 1640. The maximum atomic E-state index is 13.9. The Balaban J connectivity index is 1.06. The van der Waals surface area contributed by atoms with E-state index in [1.165, 1.54) is 64.2 Å². The Kier molecular flexibility index (Phi) is 11.9. The first-order valence-corrected chi connectivity index (χ1v) is 19.9. The molecule has 3 aromatic heterocycles. The zero-order valence-corrected chi connectivity index (χ0v) is 30.5. The van der Waals surface area contributed by atoms with Crippen molar-refractivity contribution in [2.45, 2.75) is 122 Å². The smallest absolute Gasteiger partial charge is 0.237 e. The molecule has 0 radical (unpaired) electrons. The molecular weight excluding hydrogens is 643 g/mol. The van der Waals surface area contributed by atoms with Gasteiger partial charge in [0.15, 0.2) is 5.82 Å².